The normalized spacial score (nSPS) is 14.5. The summed E-state index contributed by atoms with van der Waals surface area (Å²) in [6.07, 6.45) is 5.59. The lowest BCUT2D eigenvalue weighted by molar-refractivity contribution is 0.250. The van der Waals surface area contributed by atoms with E-state index < -0.39 is 0 Å². The molecule has 9 nitrogen and oxygen atoms in total. The van der Waals surface area contributed by atoms with Crippen LogP contribution in [0, 0.1) is 6.92 Å². The number of benzene rings is 2. The van der Waals surface area contributed by atoms with E-state index in [1.165, 1.54) is 11.3 Å². The second kappa shape index (κ2) is 9.35. The number of hydrogen-bond donors (Lipinski definition) is 0. The lowest BCUT2D eigenvalue weighted by atomic mass is 10.1. The molecular weight excluding hydrogens is 476 g/mol. The summed E-state index contributed by atoms with van der Waals surface area (Å²) < 4.78 is 7.38. The molecule has 38 heavy (non-hydrogen) atoms. The van der Waals surface area contributed by atoms with Crippen molar-refractivity contribution in [3.63, 3.8) is 0 Å². The number of aryl methyl sites for hydroxylation is 1. The van der Waals surface area contributed by atoms with Gasteiger partial charge in [-0.2, -0.15) is 9.61 Å². The topological polar surface area (TPSA) is 88.5 Å². The first-order valence-corrected chi connectivity index (χ1v) is 12.8. The minimum atomic E-state index is 0.620. The van der Waals surface area contributed by atoms with Crippen molar-refractivity contribution in [3.05, 3.63) is 90.6 Å². The number of piperazine rings is 1. The SMILES string of the molecule is Cc1onc(-c2ccccc2)c1-c1nnc2c3cc(N4CCN(Cc5ccncc5)CC4)ccc3cnn12. The minimum absolute atomic E-state index is 0.620. The standard InChI is InChI=1S/C29H26N8O/c1-20-26(27(34-38-20)22-5-3-2-4-6-22)29-33-32-28-25-17-24(8-7-23(25)18-31-37(28)29)36-15-13-35(14-16-36)19-21-9-11-30-12-10-21/h2-12,17-18H,13-16,19H2,1H3. The second-order valence-corrected chi connectivity index (χ2v) is 9.62. The molecule has 0 spiro atoms. The molecule has 7 rings (SSSR count). The maximum Gasteiger partial charge on any atom is 0.191 e. The Morgan fingerprint density at radius 2 is 1.71 bits per heavy atom. The molecule has 6 aromatic rings. The Labute approximate surface area is 219 Å². The average molecular weight is 503 g/mol. The lowest BCUT2D eigenvalue weighted by Crippen LogP contribution is -2.45. The van der Waals surface area contributed by atoms with E-state index in [0.717, 1.165) is 66.0 Å². The first-order valence-electron chi connectivity index (χ1n) is 12.8. The Balaban J connectivity index is 1.20. The predicted octanol–water partition coefficient (Wildman–Crippen LogP) is 4.63. The molecule has 1 fully saturated rings. The number of aromatic nitrogens is 6. The maximum atomic E-state index is 5.58. The quantitative estimate of drug-likeness (QED) is 0.337. The lowest BCUT2D eigenvalue weighted by Gasteiger charge is -2.36. The Bertz CT molecular complexity index is 1720. The smallest absolute Gasteiger partial charge is 0.191 e. The molecule has 5 heterocycles. The molecule has 0 unspecified atom stereocenters. The summed E-state index contributed by atoms with van der Waals surface area (Å²) in [6.45, 7) is 6.80. The van der Waals surface area contributed by atoms with Crippen molar-refractivity contribution in [1.82, 2.24) is 34.9 Å². The van der Waals surface area contributed by atoms with E-state index in [9.17, 15) is 0 Å². The van der Waals surface area contributed by atoms with Gasteiger partial charge >= 0.3 is 0 Å². The van der Waals surface area contributed by atoms with Gasteiger partial charge in [-0.1, -0.05) is 41.6 Å². The summed E-state index contributed by atoms with van der Waals surface area (Å²) >= 11 is 0. The molecule has 0 aliphatic carbocycles. The fourth-order valence-electron chi connectivity index (χ4n) is 5.22. The molecule has 1 aliphatic heterocycles. The fraction of sp³-hybridized carbons (Fsp3) is 0.207. The van der Waals surface area contributed by atoms with Crippen LogP contribution >= 0.6 is 0 Å². The van der Waals surface area contributed by atoms with Gasteiger partial charge in [0.25, 0.3) is 0 Å². The zero-order valence-corrected chi connectivity index (χ0v) is 21.0. The van der Waals surface area contributed by atoms with Gasteiger partial charge in [0, 0.05) is 67.1 Å². The third kappa shape index (κ3) is 3.97. The number of nitrogens with zero attached hydrogens (tertiary/aromatic N) is 8. The van der Waals surface area contributed by atoms with Gasteiger partial charge in [-0.25, -0.2) is 0 Å². The highest BCUT2D eigenvalue weighted by Crippen LogP contribution is 2.34. The van der Waals surface area contributed by atoms with E-state index in [1.54, 1.807) is 4.52 Å². The van der Waals surface area contributed by atoms with Crippen molar-refractivity contribution in [3.8, 4) is 22.6 Å². The molecule has 0 radical (unpaired) electrons. The van der Waals surface area contributed by atoms with Gasteiger partial charge in [0.1, 0.15) is 11.5 Å². The van der Waals surface area contributed by atoms with Gasteiger partial charge in [-0.15, -0.1) is 10.2 Å². The van der Waals surface area contributed by atoms with Gasteiger partial charge in [0.05, 0.1) is 11.8 Å². The number of fused-ring (bicyclic) bond motifs is 3. The van der Waals surface area contributed by atoms with Gasteiger partial charge in [-0.05, 0) is 36.8 Å². The predicted molar refractivity (Wildman–Crippen MR) is 146 cm³/mol. The molecule has 0 N–H and O–H groups in total. The Morgan fingerprint density at radius 3 is 2.53 bits per heavy atom. The van der Waals surface area contributed by atoms with Gasteiger partial charge in [0.15, 0.2) is 11.5 Å². The average Bonchev–Trinajstić information content (AvgIpc) is 3.57. The largest absolute Gasteiger partial charge is 0.369 e. The molecular formula is C29H26N8O. The van der Waals surface area contributed by atoms with Gasteiger partial charge in [0.2, 0.25) is 0 Å². The van der Waals surface area contributed by atoms with Crippen molar-refractivity contribution < 1.29 is 4.52 Å². The summed E-state index contributed by atoms with van der Waals surface area (Å²) in [7, 11) is 0. The molecule has 1 aliphatic rings. The van der Waals surface area contributed by atoms with E-state index in [2.05, 4.69) is 60.5 Å². The number of anilines is 1. The minimum Gasteiger partial charge on any atom is -0.369 e. The van der Waals surface area contributed by atoms with Crippen LogP contribution in [0.1, 0.15) is 11.3 Å². The first kappa shape index (κ1) is 22.6. The van der Waals surface area contributed by atoms with Crippen LogP contribution < -0.4 is 4.90 Å². The zero-order valence-electron chi connectivity index (χ0n) is 21.0. The van der Waals surface area contributed by atoms with Gasteiger partial charge < -0.3 is 9.42 Å². The van der Waals surface area contributed by atoms with Crippen LogP contribution in [-0.2, 0) is 6.54 Å². The maximum absolute atomic E-state index is 5.58. The first-order chi connectivity index (χ1) is 18.7. The van der Waals surface area contributed by atoms with E-state index in [0.29, 0.717) is 11.6 Å². The van der Waals surface area contributed by atoms with Crippen LogP contribution in [0.5, 0.6) is 0 Å². The van der Waals surface area contributed by atoms with Crippen molar-refractivity contribution in [2.45, 2.75) is 13.5 Å². The molecule has 4 aromatic heterocycles. The number of rotatable bonds is 5. The molecule has 0 atom stereocenters. The van der Waals surface area contributed by atoms with Crippen molar-refractivity contribution in [2.75, 3.05) is 31.1 Å². The number of pyridine rings is 1. The molecule has 1 saturated heterocycles. The molecule has 9 heteroatoms. The van der Waals surface area contributed by atoms with E-state index in [1.807, 2.05) is 55.8 Å². The fourth-order valence-corrected chi connectivity index (χ4v) is 5.22. The summed E-state index contributed by atoms with van der Waals surface area (Å²) in [5.74, 6) is 1.30. The highest BCUT2D eigenvalue weighted by molar-refractivity contribution is 5.96. The molecule has 0 amide bonds. The van der Waals surface area contributed by atoms with Crippen LogP contribution in [0.4, 0.5) is 5.69 Å². The Morgan fingerprint density at radius 1 is 0.895 bits per heavy atom. The Kier molecular flexibility index (Phi) is 5.55. The molecule has 2 aromatic carbocycles. The zero-order chi connectivity index (χ0) is 25.5. The summed E-state index contributed by atoms with van der Waals surface area (Å²) in [6, 6.07) is 20.7. The Hall–Kier alpha value is -4.63. The third-order valence-corrected chi connectivity index (χ3v) is 7.26. The highest BCUT2D eigenvalue weighted by Gasteiger charge is 2.23. The molecule has 188 valence electrons. The van der Waals surface area contributed by atoms with Crippen LogP contribution in [-0.4, -0.2) is 61.0 Å². The highest BCUT2D eigenvalue weighted by atomic mass is 16.5. The van der Waals surface area contributed by atoms with E-state index in [-0.39, 0.29) is 0 Å². The van der Waals surface area contributed by atoms with Crippen molar-refractivity contribution >= 4 is 22.1 Å². The number of hydrogen-bond acceptors (Lipinski definition) is 8. The van der Waals surface area contributed by atoms with Crippen LogP contribution in [0.2, 0.25) is 0 Å². The van der Waals surface area contributed by atoms with E-state index in [4.69, 9.17) is 9.62 Å². The second-order valence-electron chi connectivity index (χ2n) is 9.62. The summed E-state index contributed by atoms with van der Waals surface area (Å²) in [4.78, 5) is 9.05. The summed E-state index contributed by atoms with van der Waals surface area (Å²) in [5, 5.41) is 20.2. The van der Waals surface area contributed by atoms with Crippen molar-refractivity contribution in [1.29, 1.82) is 0 Å². The summed E-state index contributed by atoms with van der Waals surface area (Å²) in [5.41, 5.74) is 5.70. The third-order valence-electron chi connectivity index (χ3n) is 7.26. The molecule has 0 saturated carbocycles. The van der Waals surface area contributed by atoms with E-state index >= 15 is 0 Å². The molecule has 0 bridgehead atoms. The van der Waals surface area contributed by atoms with Crippen LogP contribution in [0.3, 0.4) is 0 Å². The van der Waals surface area contributed by atoms with Crippen LogP contribution in [0.25, 0.3) is 39.1 Å². The van der Waals surface area contributed by atoms with Crippen LogP contribution in [0.15, 0.2) is 83.8 Å². The van der Waals surface area contributed by atoms with Crippen molar-refractivity contribution in [2.24, 2.45) is 0 Å². The monoisotopic (exact) mass is 502 g/mol. The van der Waals surface area contributed by atoms with Gasteiger partial charge in [-0.3, -0.25) is 9.88 Å².